The molecule has 0 radical (unpaired) electrons. The average Bonchev–Trinajstić information content (AvgIpc) is 2.83. The smallest absolute Gasteiger partial charge is 0.328 e. The number of aromatic hydroxyl groups is 1. The van der Waals surface area contributed by atoms with Crippen molar-refractivity contribution in [3.63, 3.8) is 0 Å². The number of carboxylic acid groups (broad SMARTS) is 1. The van der Waals surface area contributed by atoms with E-state index < -0.39 is 5.97 Å². The number of benzene rings is 4. The molecule has 33 heavy (non-hydrogen) atoms. The van der Waals surface area contributed by atoms with Crippen LogP contribution in [-0.4, -0.2) is 16.2 Å². The molecule has 4 rings (SSSR count). The molecule has 0 aliphatic rings. The number of hydrogen-bond acceptors (Lipinski definition) is 3. The number of phenolic OH excluding ortho intramolecular Hbond substituents is 1. The van der Waals surface area contributed by atoms with Gasteiger partial charge in [-0.1, -0.05) is 67.9 Å². The molecule has 4 nitrogen and oxygen atoms in total. The molecule has 0 aliphatic heterocycles. The molecular formula is C29H26O4. The highest BCUT2D eigenvalue weighted by Gasteiger charge is 2.17. The van der Waals surface area contributed by atoms with Crippen molar-refractivity contribution in [2.45, 2.75) is 26.2 Å². The zero-order valence-corrected chi connectivity index (χ0v) is 18.5. The predicted octanol–water partition coefficient (Wildman–Crippen LogP) is 7.45. The van der Waals surface area contributed by atoms with E-state index in [-0.39, 0.29) is 5.75 Å². The molecule has 0 bridgehead atoms. The third-order valence-electron chi connectivity index (χ3n) is 5.56. The third kappa shape index (κ3) is 5.24. The highest BCUT2D eigenvalue weighted by molar-refractivity contribution is 5.97. The van der Waals surface area contributed by atoms with Gasteiger partial charge < -0.3 is 14.9 Å². The summed E-state index contributed by atoms with van der Waals surface area (Å²) in [6.07, 6.45) is 5.74. The molecule has 0 spiro atoms. The van der Waals surface area contributed by atoms with Gasteiger partial charge in [-0.2, -0.15) is 0 Å². The van der Waals surface area contributed by atoms with Crippen molar-refractivity contribution in [2.24, 2.45) is 0 Å². The second-order valence-corrected chi connectivity index (χ2v) is 7.95. The Hall–Kier alpha value is -4.05. The first-order chi connectivity index (χ1) is 16.0. The van der Waals surface area contributed by atoms with Crippen LogP contribution in [-0.2, 0) is 11.2 Å². The van der Waals surface area contributed by atoms with Crippen molar-refractivity contribution in [3.05, 3.63) is 96.1 Å². The number of aryl methyl sites for hydroxylation is 1. The van der Waals surface area contributed by atoms with E-state index in [9.17, 15) is 9.90 Å². The number of fused-ring (bicyclic) bond motifs is 1. The SMILES string of the molecule is CCCCc1cc2ccccc2c(Oc2ccc(C=CC(=O)O)cc2)c1-c1ccc(O)cc1. The fraction of sp³-hybridized carbons (Fsp3) is 0.138. The maximum atomic E-state index is 10.8. The number of ether oxygens (including phenoxy) is 1. The molecule has 4 aromatic carbocycles. The van der Waals surface area contributed by atoms with E-state index >= 15 is 0 Å². The maximum absolute atomic E-state index is 10.8. The highest BCUT2D eigenvalue weighted by Crippen LogP contribution is 2.43. The van der Waals surface area contributed by atoms with Crippen molar-refractivity contribution in [3.8, 4) is 28.4 Å². The minimum atomic E-state index is -0.982. The van der Waals surface area contributed by atoms with E-state index in [4.69, 9.17) is 9.84 Å². The van der Waals surface area contributed by atoms with Gasteiger partial charge in [0.1, 0.15) is 17.2 Å². The molecule has 0 aliphatic carbocycles. The summed E-state index contributed by atoms with van der Waals surface area (Å²) in [5, 5.41) is 20.8. The minimum absolute atomic E-state index is 0.224. The summed E-state index contributed by atoms with van der Waals surface area (Å²) in [7, 11) is 0. The molecule has 4 aromatic rings. The van der Waals surface area contributed by atoms with Crippen LogP contribution in [0.1, 0.15) is 30.9 Å². The minimum Gasteiger partial charge on any atom is -0.508 e. The van der Waals surface area contributed by atoms with Gasteiger partial charge in [0.15, 0.2) is 0 Å². The molecule has 0 unspecified atom stereocenters. The Morgan fingerprint density at radius 1 is 0.970 bits per heavy atom. The number of unbranched alkanes of at least 4 members (excludes halogenated alkanes) is 1. The second kappa shape index (κ2) is 10.0. The van der Waals surface area contributed by atoms with E-state index in [1.54, 1.807) is 18.2 Å². The van der Waals surface area contributed by atoms with Gasteiger partial charge in [0.2, 0.25) is 0 Å². The first-order valence-electron chi connectivity index (χ1n) is 11.1. The van der Waals surface area contributed by atoms with Gasteiger partial charge in [-0.3, -0.25) is 0 Å². The fourth-order valence-electron chi connectivity index (χ4n) is 3.92. The van der Waals surface area contributed by atoms with E-state index in [1.165, 1.54) is 5.56 Å². The monoisotopic (exact) mass is 438 g/mol. The molecule has 0 atom stereocenters. The van der Waals surface area contributed by atoms with Crippen LogP contribution >= 0.6 is 0 Å². The topological polar surface area (TPSA) is 66.8 Å². The van der Waals surface area contributed by atoms with Crippen molar-refractivity contribution < 1.29 is 19.7 Å². The summed E-state index contributed by atoms with van der Waals surface area (Å²) >= 11 is 0. The van der Waals surface area contributed by atoms with Crippen molar-refractivity contribution >= 4 is 22.8 Å². The standard InChI is InChI=1S/C29H26O4/c1-2-3-6-23-19-22-7-4-5-8-26(22)29(28(23)21-12-14-24(30)15-13-21)33-25-16-9-20(10-17-25)11-18-27(31)32/h4-5,7-19,30H,2-3,6H2,1H3,(H,31,32). The quantitative estimate of drug-likeness (QED) is 0.280. The molecule has 0 amide bonds. The number of aliphatic carboxylic acids is 1. The molecule has 0 heterocycles. The zero-order chi connectivity index (χ0) is 23.2. The third-order valence-corrected chi connectivity index (χ3v) is 5.56. The average molecular weight is 439 g/mol. The molecule has 0 saturated carbocycles. The van der Waals surface area contributed by atoms with Crippen LogP contribution in [0, 0.1) is 0 Å². The van der Waals surface area contributed by atoms with Crippen LogP contribution in [0.25, 0.3) is 28.0 Å². The van der Waals surface area contributed by atoms with Crippen LogP contribution in [0.2, 0.25) is 0 Å². The Balaban J connectivity index is 1.85. The predicted molar refractivity (Wildman–Crippen MR) is 133 cm³/mol. The van der Waals surface area contributed by atoms with Gasteiger partial charge in [0, 0.05) is 17.0 Å². The summed E-state index contributed by atoms with van der Waals surface area (Å²) in [5.41, 5.74) is 4.00. The Bertz CT molecular complexity index is 1290. The lowest BCUT2D eigenvalue weighted by Crippen LogP contribution is -1.97. The largest absolute Gasteiger partial charge is 0.508 e. The summed E-state index contributed by atoms with van der Waals surface area (Å²) in [4.78, 5) is 10.8. The van der Waals surface area contributed by atoms with Crippen LogP contribution in [0.4, 0.5) is 0 Å². The lowest BCUT2D eigenvalue weighted by atomic mass is 9.91. The van der Waals surface area contributed by atoms with E-state index in [1.807, 2.05) is 48.5 Å². The van der Waals surface area contributed by atoms with Crippen LogP contribution < -0.4 is 4.74 Å². The van der Waals surface area contributed by atoms with Gasteiger partial charge in [-0.25, -0.2) is 4.79 Å². The molecule has 4 heteroatoms. The van der Waals surface area contributed by atoms with E-state index in [2.05, 4.69) is 25.1 Å². The molecule has 0 aromatic heterocycles. The molecule has 2 N–H and O–H groups in total. The molecule has 0 saturated heterocycles. The van der Waals surface area contributed by atoms with Gasteiger partial charge in [0.05, 0.1) is 0 Å². The maximum Gasteiger partial charge on any atom is 0.328 e. The van der Waals surface area contributed by atoms with Gasteiger partial charge in [-0.05, 0) is 65.3 Å². The van der Waals surface area contributed by atoms with Gasteiger partial charge in [0.25, 0.3) is 0 Å². The molecule has 0 fully saturated rings. The second-order valence-electron chi connectivity index (χ2n) is 7.95. The summed E-state index contributed by atoms with van der Waals surface area (Å²) in [6, 6.07) is 25.0. The number of hydrogen-bond donors (Lipinski definition) is 2. The lowest BCUT2D eigenvalue weighted by Gasteiger charge is -2.19. The first-order valence-corrected chi connectivity index (χ1v) is 11.1. The van der Waals surface area contributed by atoms with E-state index in [0.717, 1.165) is 58.6 Å². The summed E-state index contributed by atoms with van der Waals surface area (Å²) in [5.74, 6) is 0.686. The number of carboxylic acids is 1. The van der Waals surface area contributed by atoms with Gasteiger partial charge >= 0.3 is 5.97 Å². The van der Waals surface area contributed by atoms with Gasteiger partial charge in [-0.15, -0.1) is 0 Å². The van der Waals surface area contributed by atoms with Crippen molar-refractivity contribution in [1.29, 1.82) is 0 Å². The van der Waals surface area contributed by atoms with Crippen LogP contribution in [0.3, 0.4) is 0 Å². The summed E-state index contributed by atoms with van der Waals surface area (Å²) in [6.45, 7) is 2.18. The van der Waals surface area contributed by atoms with Crippen molar-refractivity contribution in [2.75, 3.05) is 0 Å². The zero-order valence-electron chi connectivity index (χ0n) is 18.5. The fourth-order valence-corrected chi connectivity index (χ4v) is 3.92. The number of carbonyl (C=O) groups is 1. The van der Waals surface area contributed by atoms with Crippen molar-refractivity contribution in [1.82, 2.24) is 0 Å². The Kier molecular flexibility index (Phi) is 6.75. The normalized spacial score (nSPS) is 11.2. The lowest BCUT2D eigenvalue weighted by molar-refractivity contribution is -0.131. The molecule has 166 valence electrons. The summed E-state index contributed by atoms with van der Waals surface area (Å²) < 4.78 is 6.51. The van der Waals surface area contributed by atoms with Crippen LogP contribution in [0.15, 0.2) is 84.9 Å². The molecular weight excluding hydrogens is 412 g/mol. The number of rotatable bonds is 8. The van der Waals surface area contributed by atoms with E-state index in [0.29, 0.717) is 5.75 Å². The van der Waals surface area contributed by atoms with Crippen LogP contribution in [0.5, 0.6) is 17.2 Å². The Morgan fingerprint density at radius 3 is 2.39 bits per heavy atom. The Morgan fingerprint density at radius 2 is 1.70 bits per heavy atom. The first kappa shape index (κ1) is 22.2. The number of phenols is 1. The Labute approximate surface area is 193 Å². The highest BCUT2D eigenvalue weighted by atomic mass is 16.5.